The second-order valence-electron chi connectivity index (χ2n) is 7.18. The molecule has 1 amide bonds. The molecular formula is C22H25NO7. The monoisotopic (exact) mass is 415 g/mol. The molecule has 3 unspecified atom stereocenters. The standard InChI is InChI=1S/C22H25NO7/c1-26-21-17(23-22(25)28-12-14-8-4-2-5-9-14)18(24)19-16(29-21)13-27-20(30-19)15-10-6-3-7-11-15/h2-11,16-21,24H,12-13H2,1H3,(H,23,25)/t16?,17?,18-,19+,20?,21-/m0/s1. The fourth-order valence-corrected chi connectivity index (χ4v) is 3.63. The molecular weight excluding hydrogens is 390 g/mol. The summed E-state index contributed by atoms with van der Waals surface area (Å²) in [6, 6.07) is 17.9. The summed E-state index contributed by atoms with van der Waals surface area (Å²) in [5, 5.41) is 13.6. The van der Waals surface area contributed by atoms with Crippen molar-refractivity contribution < 1.29 is 33.6 Å². The van der Waals surface area contributed by atoms with Gasteiger partial charge in [-0.3, -0.25) is 0 Å². The Kier molecular flexibility index (Phi) is 6.61. The molecule has 4 rings (SSSR count). The van der Waals surface area contributed by atoms with E-state index in [4.69, 9.17) is 23.7 Å². The zero-order valence-corrected chi connectivity index (χ0v) is 16.5. The van der Waals surface area contributed by atoms with Crippen molar-refractivity contribution in [1.29, 1.82) is 0 Å². The van der Waals surface area contributed by atoms with Crippen molar-refractivity contribution in [3.63, 3.8) is 0 Å². The molecule has 2 aromatic rings. The maximum atomic E-state index is 12.3. The molecule has 2 aliphatic rings. The predicted octanol–water partition coefficient (Wildman–Crippen LogP) is 2.13. The summed E-state index contributed by atoms with van der Waals surface area (Å²) in [4.78, 5) is 12.3. The minimum atomic E-state index is -1.08. The zero-order valence-electron chi connectivity index (χ0n) is 16.5. The lowest BCUT2D eigenvalue weighted by Gasteiger charge is -2.47. The highest BCUT2D eigenvalue weighted by atomic mass is 16.7. The normalized spacial score (nSPS) is 30.9. The summed E-state index contributed by atoms with van der Waals surface area (Å²) in [5.41, 5.74) is 1.69. The van der Waals surface area contributed by atoms with Gasteiger partial charge in [-0.1, -0.05) is 60.7 Å². The quantitative estimate of drug-likeness (QED) is 0.772. The van der Waals surface area contributed by atoms with Gasteiger partial charge in [0.05, 0.1) is 6.61 Å². The molecule has 0 aromatic heterocycles. The van der Waals surface area contributed by atoms with E-state index >= 15 is 0 Å². The number of carbonyl (C=O) groups is 1. The Hall–Kier alpha value is -2.49. The highest BCUT2D eigenvalue weighted by Gasteiger charge is 2.50. The van der Waals surface area contributed by atoms with E-state index in [9.17, 15) is 9.90 Å². The van der Waals surface area contributed by atoms with Gasteiger partial charge in [-0.25, -0.2) is 4.79 Å². The van der Waals surface area contributed by atoms with Crippen LogP contribution in [0.25, 0.3) is 0 Å². The highest BCUT2D eigenvalue weighted by molar-refractivity contribution is 5.67. The van der Waals surface area contributed by atoms with Gasteiger partial charge in [-0.15, -0.1) is 0 Å². The molecule has 0 bridgehead atoms. The van der Waals surface area contributed by atoms with Crippen LogP contribution in [0, 0.1) is 0 Å². The predicted molar refractivity (Wildman–Crippen MR) is 105 cm³/mol. The molecule has 0 radical (unpaired) electrons. The van der Waals surface area contributed by atoms with Crippen LogP contribution in [0.4, 0.5) is 4.79 Å². The SMILES string of the molecule is CO[C@H]1OC2COC(c3ccccc3)O[C@H]2[C@@H](O)C1NC(=O)OCc1ccccc1. The third-order valence-electron chi connectivity index (χ3n) is 5.17. The molecule has 160 valence electrons. The average Bonchev–Trinajstić information content (AvgIpc) is 2.80. The average molecular weight is 415 g/mol. The van der Waals surface area contributed by atoms with E-state index in [1.54, 1.807) is 0 Å². The molecule has 2 N–H and O–H groups in total. The minimum absolute atomic E-state index is 0.112. The first kappa shape index (κ1) is 20.8. The first-order valence-electron chi connectivity index (χ1n) is 9.81. The number of aliphatic hydroxyl groups excluding tert-OH is 1. The van der Waals surface area contributed by atoms with Crippen molar-refractivity contribution in [2.45, 2.75) is 43.5 Å². The van der Waals surface area contributed by atoms with Crippen molar-refractivity contribution in [1.82, 2.24) is 5.32 Å². The van der Waals surface area contributed by atoms with Crippen LogP contribution in [0.2, 0.25) is 0 Å². The molecule has 0 spiro atoms. The first-order chi connectivity index (χ1) is 14.7. The summed E-state index contributed by atoms with van der Waals surface area (Å²) in [6.45, 7) is 0.340. The number of carbonyl (C=O) groups excluding carboxylic acids is 1. The number of methoxy groups -OCH3 is 1. The molecule has 8 nitrogen and oxygen atoms in total. The van der Waals surface area contributed by atoms with E-state index in [0.717, 1.165) is 11.1 Å². The van der Waals surface area contributed by atoms with Gasteiger partial charge in [0.2, 0.25) is 0 Å². The third-order valence-corrected chi connectivity index (χ3v) is 5.17. The van der Waals surface area contributed by atoms with Crippen LogP contribution in [-0.2, 0) is 30.3 Å². The Balaban J connectivity index is 1.40. The Labute approximate surface area is 174 Å². The maximum absolute atomic E-state index is 12.3. The van der Waals surface area contributed by atoms with E-state index in [2.05, 4.69) is 5.32 Å². The van der Waals surface area contributed by atoms with Gasteiger partial charge in [0.15, 0.2) is 12.6 Å². The summed E-state index contributed by atoms with van der Waals surface area (Å²) in [7, 11) is 1.44. The molecule has 2 aromatic carbocycles. The van der Waals surface area contributed by atoms with Crippen LogP contribution < -0.4 is 5.32 Å². The summed E-state index contributed by atoms with van der Waals surface area (Å²) >= 11 is 0. The lowest BCUT2D eigenvalue weighted by Crippen LogP contribution is -2.66. The van der Waals surface area contributed by atoms with Gasteiger partial charge in [-0.05, 0) is 5.56 Å². The number of amides is 1. The lowest BCUT2D eigenvalue weighted by atomic mass is 9.96. The summed E-state index contributed by atoms with van der Waals surface area (Å²) in [5.74, 6) is 0. The largest absolute Gasteiger partial charge is 0.445 e. The highest BCUT2D eigenvalue weighted by Crippen LogP contribution is 2.34. The number of ether oxygens (including phenoxy) is 5. The molecule has 30 heavy (non-hydrogen) atoms. The fourth-order valence-electron chi connectivity index (χ4n) is 3.63. The molecule has 2 heterocycles. The second-order valence-corrected chi connectivity index (χ2v) is 7.18. The Morgan fingerprint density at radius 2 is 1.80 bits per heavy atom. The second kappa shape index (κ2) is 9.55. The zero-order chi connectivity index (χ0) is 20.9. The van der Waals surface area contributed by atoms with Crippen LogP contribution in [-0.4, -0.2) is 55.6 Å². The van der Waals surface area contributed by atoms with Gasteiger partial charge in [0, 0.05) is 12.7 Å². The Bertz CT molecular complexity index is 819. The molecule has 0 aliphatic carbocycles. The number of hydrogen-bond acceptors (Lipinski definition) is 7. The van der Waals surface area contributed by atoms with Gasteiger partial charge >= 0.3 is 6.09 Å². The number of nitrogens with one attached hydrogen (secondary N) is 1. The van der Waals surface area contributed by atoms with E-state index in [-0.39, 0.29) is 13.2 Å². The van der Waals surface area contributed by atoms with E-state index in [0.29, 0.717) is 0 Å². The van der Waals surface area contributed by atoms with Crippen LogP contribution >= 0.6 is 0 Å². The first-order valence-corrected chi connectivity index (χ1v) is 9.81. The van der Waals surface area contributed by atoms with Crippen molar-refractivity contribution in [2.75, 3.05) is 13.7 Å². The lowest BCUT2D eigenvalue weighted by molar-refractivity contribution is -0.341. The van der Waals surface area contributed by atoms with Crippen molar-refractivity contribution in [3.8, 4) is 0 Å². The van der Waals surface area contributed by atoms with Gasteiger partial charge in [0.25, 0.3) is 0 Å². The summed E-state index contributed by atoms with van der Waals surface area (Å²) in [6.07, 6.45) is -4.48. The van der Waals surface area contributed by atoms with E-state index in [1.807, 2.05) is 60.7 Å². The molecule has 2 saturated heterocycles. The smallest absolute Gasteiger partial charge is 0.407 e. The number of aliphatic hydroxyl groups is 1. The van der Waals surface area contributed by atoms with Crippen LogP contribution in [0.1, 0.15) is 17.4 Å². The van der Waals surface area contributed by atoms with Crippen molar-refractivity contribution >= 4 is 6.09 Å². The maximum Gasteiger partial charge on any atom is 0.407 e. The minimum Gasteiger partial charge on any atom is -0.445 e. The topological polar surface area (TPSA) is 95.5 Å². The number of benzene rings is 2. The molecule has 2 fully saturated rings. The Morgan fingerprint density at radius 1 is 1.10 bits per heavy atom. The van der Waals surface area contributed by atoms with Gasteiger partial charge in [0.1, 0.15) is 31.0 Å². The van der Waals surface area contributed by atoms with E-state index < -0.39 is 43.0 Å². The molecule has 2 aliphatic heterocycles. The third kappa shape index (κ3) is 4.63. The Morgan fingerprint density at radius 3 is 2.50 bits per heavy atom. The number of fused-ring (bicyclic) bond motifs is 1. The van der Waals surface area contributed by atoms with Crippen molar-refractivity contribution in [3.05, 3.63) is 71.8 Å². The summed E-state index contributed by atoms with van der Waals surface area (Å²) < 4.78 is 28.2. The number of rotatable bonds is 5. The molecule has 0 saturated carbocycles. The van der Waals surface area contributed by atoms with Crippen LogP contribution in [0.5, 0.6) is 0 Å². The fraction of sp³-hybridized carbons (Fsp3) is 0.409. The molecule has 6 atom stereocenters. The number of hydrogen-bond donors (Lipinski definition) is 2. The molecule has 8 heteroatoms. The van der Waals surface area contributed by atoms with Crippen molar-refractivity contribution in [2.24, 2.45) is 0 Å². The van der Waals surface area contributed by atoms with Gasteiger partial charge in [-0.2, -0.15) is 0 Å². The van der Waals surface area contributed by atoms with Crippen LogP contribution in [0.15, 0.2) is 60.7 Å². The van der Waals surface area contributed by atoms with E-state index in [1.165, 1.54) is 7.11 Å². The van der Waals surface area contributed by atoms with Gasteiger partial charge < -0.3 is 34.1 Å². The number of alkyl carbamates (subject to hydrolysis) is 1. The van der Waals surface area contributed by atoms with Crippen LogP contribution in [0.3, 0.4) is 0 Å².